The largest absolute Gasteiger partial charge is 0.490 e. The summed E-state index contributed by atoms with van der Waals surface area (Å²) >= 11 is 18.0. The monoisotopic (exact) mass is 513 g/mol. The van der Waals surface area contributed by atoms with Crippen LogP contribution in [0.15, 0.2) is 36.4 Å². The molecule has 0 radical (unpaired) electrons. The lowest BCUT2D eigenvalue weighted by Gasteiger charge is -2.33. The van der Waals surface area contributed by atoms with Crippen LogP contribution in [0.2, 0.25) is 15.1 Å². The van der Waals surface area contributed by atoms with E-state index >= 15 is 0 Å². The number of anilines is 1. The SMILES string of the molecule is CC(=O)Nc1ccc(Cl)cc1C(=O)NC[C@@H](O)CN1CCC(Oc2ccc(Cl)c(Cl)c2)CC1. The van der Waals surface area contributed by atoms with Crippen LogP contribution in [0, 0.1) is 0 Å². The number of amides is 2. The number of rotatable bonds is 8. The van der Waals surface area contributed by atoms with E-state index in [1.165, 1.54) is 13.0 Å². The number of hydrogen-bond donors (Lipinski definition) is 3. The normalized spacial score (nSPS) is 15.7. The van der Waals surface area contributed by atoms with Gasteiger partial charge in [-0.3, -0.25) is 9.59 Å². The van der Waals surface area contributed by atoms with Crippen molar-refractivity contribution in [3.63, 3.8) is 0 Å². The van der Waals surface area contributed by atoms with Gasteiger partial charge < -0.3 is 25.4 Å². The van der Waals surface area contributed by atoms with Crippen LogP contribution in [0.5, 0.6) is 5.75 Å². The number of β-amino-alcohol motifs (C(OH)–C–C–N with tert-alkyl or cyclic N) is 1. The fraction of sp³-hybridized carbons (Fsp3) is 0.391. The van der Waals surface area contributed by atoms with E-state index < -0.39 is 12.0 Å². The average Bonchev–Trinajstić information content (AvgIpc) is 2.77. The van der Waals surface area contributed by atoms with Gasteiger partial charge in [0, 0.05) is 44.2 Å². The van der Waals surface area contributed by atoms with Gasteiger partial charge in [0.25, 0.3) is 5.91 Å². The second kappa shape index (κ2) is 11.9. The van der Waals surface area contributed by atoms with Crippen molar-refractivity contribution in [1.29, 1.82) is 0 Å². The maximum Gasteiger partial charge on any atom is 0.253 e. The smallest absolute Gasteiger partial charge is 0.253 e. The van der Waals surface area contributed by atoms with Gasteiger partial charge in [0.05, 0.1) is 27.4 Å². The number of aliphatic hydroxyl groups is 1. The third kappa shape index (κ3) is 7.76. The van der Waals surface area contributed by atoms with Crippen LogP contribution in [-0.4, -0.2) is 60.2 Å². The van der Waals surface area contributed by atoms with E-state index in [0.29, 0.717) is 33.0 Å². The van der Waals surface area contributed by atoms with Crippen LogP contribution < -0.4 is 15.4 Å². The van der Waals surface area contributed by atoms with E-state index in [1.807, 2.05) is 0 Å². The third-order valence-corrected chi connectivity index (χ3v) is 6.21. The predicted octanol–water partition coefficient (Wildman–Crippen LogP) is 4.24. The maximum absolute atomic E-state index is 12.6. The Balaban J connectivity index is 1.44. The van der Waals surface area contributed by atoms with E-state index in [0.717, 1.165) is 25.9 Å². The summed E-state index contributed by atoms with van der Waals surface area (Å²) in [6.07, 6.45) is 0.930. The molecule has 3 rings (SSSR count). The Morgan fingerprint density at radius 1 is 1.12 bits per heavy atom. The highest BCUT2D eigenvalue weighted by molar-refractivity contribution is 6.42. The topological polar surface area (TPSA) is 90.9 Å². The number of aliphatic hydroxyl groups excluding tert-OH is 1. The first-order valence-electron chi connectivity index (χ1n) is 10.6. The van der Waals surface area contributed by atoms with Crippen molar-refractivity contribution in [3.8, 4) is 5.75 Å². The van der Waals surface area contributed by atoms with Crippen LogP contribution in [0.4, 0.5) is 5.69 Å². The summed E-state index contributed by atoms with van der Waals surface area (Å²) in [6, 6.07) is 9.85. The molecule has 178 valence electrons. The highest BCUT2D eigenvalue weighted by atomic mass is 35.5. The molecule has 1 saturated heterocycles. The summed E-state index contributed by atoms with van der Waals surface area (Å²) in [7, 11) is 0. The number of ether oxygens (including phenoxy) is 1. The second-order valence-corrected chi connectivity index (χ2v) is 9.18. The zero-order valence-electron chi connectivity index (χ0n) is 18.1. The first kappa shape index (κ1) is 25.6. The molecule has 1 heterocycles. The zero-order chi connectivity index (χ0) is 24.0. The zero-order valence-corrected chi connectivity index (χ0v) is 20.4. The number of likely N-dealkylation sites (tertiary alicyclic amines) is 1. The number of nitrogens with zero attached hydrogens (tertiary/aromatic N) is 1. The minimum absolute atomic E-state index is 0.0605. The molecular formula is C23H26Cl3N3O4. The number of piperidine rings is 1. The Morgan fingerprint density at radius 3 is 2.52 bits per heavy atom. The minimum atomic E-state index is -0.745. The summed E-state index contributed by atoms with van der Waals surface area (Å²) in [5.74, 6) is -0.0303. The van der Waals surface area contributed by atoms with Gasteiger partial charge in [0.1, 0.15) is 11.9 Å². The van der Waals surface area contributed by atoms with Gasteiger partial charge in [-0.05, 0) is 43.2 Å². The Hall–Kier alpha value is -2.03. The highest BCUT2D eigenvalue weighted by Crippen LogP contribution is 2.28. The van der Waals surface area contributed by atoms with Gasteiger partial charge in [-0.25, -0.2) is 0 Å². The summed E-state index contributed by atoms with van der Waals surface area (Å²) in [5, 5.41) is 17.0. The van der Waals surface area contributed by atoms with E-state index in [9.17, 15) is 14.7 Å². The molecule has 1 aliphatic heterocycles. The third-order valence-electron chi connectivity index (χ3n) is 5.23. The minimum Gasteiger partial charge on any atom is -0.490 e. The van der Waals surface area contributed by atoms with Crippen LogP contribution in [-0.2, 0) is 4.79 Å². The van der Waals surface area contributed by atoms with Crippen LogP contribution in [0.25, 0.3) is 0 Å². The van der Waals surface area contributed by atoms with Crippen molar-refractivity contribution in [2.45, 2.75) is 32.0 Å². The van der Waals surface area contributed by atoms with Crippen molar-refractivity contribution in [2.75, 3.05) is 31.5 Å². The van der Waals surface area contributed by atoms with Crippen molar-refractivity contribution in [3.05, 3.63) is 57.0 Å². The molecule has 2 amide bonds. The molecule has 0 unspecified atom stereocenters. The predicted molar refractivity (Wildman–Crippen MR) is 131 cm³/mol. The Morgan fingerprint density at radius 2 is 1.85 bits per heavy atom. The first-order chi connectivity index (χ1) is 15.7. The van der Waals surface area contributed by atoms with E-state index in [-0.39, 0.29) is 24.1 Å². The molecule has 0 aliphatic carbocycles. The van der Waals surface area contributed by atoms with Gasteiger partial charge in [0.15, 0.2) is 0 Å². The molecule has 10 heteroatoms. The Kier molecular flexibility index (Phi) is 9.23. The van der Waals surface area contributed by atoms with Gasteiger partial charge in [0.2, 0.25) is 5.91 Å². The van der Waals surface area contributed by atoms with E-state index in [1.54, 1.807) is 30.3 Å². The molecular weight excluding hydrogens is 489 g/mol. The van der Waals surface area contributed by atoms with E-state index in [4.69, 9.17) is 39.5 Å². The van der Waals surface area contributed by atoms with Crippen molar-refractivity contribution >= 4 is 52.3 Å². The lowest BCUT2D eigenvalue weighted by molar-refractivity contribution is -0.114. The lowest BCUT2D eigenvalue weighted by atomic mass is 10.1. The maximum atomic E-state index is 12.6. The van der Waals surface area contributed by atoms with Gasteiger partial charge >= 0.3 is 0 Å². The summed E-state index contributed by atoms with van der Waals surface area (Å²) in [5.41, 5.74) is 0.605. The van der Waals surface area contributed by atoms with Crippen molar-refractivity contribution < 1.29 is 19.4 Å². The number of nitrogens with one attached hydrogen (secondary N) is 2. The fourth-order valence-corrected chi connectivity index (χ4v) is 4.08. The molecule has 1 atom stereocenters. The first-order valence-corrected chi connectivity index (χ1v) is 11.7. The second-order valence-electron chi connectivity index (χ2n) is 7.93. The average molecular weight is 515 g/mol. The van der Waals surface area contributed by atoms with Crippen molar-refractivity contribution in [1.82, 2.24) is 10.2 Å². The van der Waals surface area contributed by atoms with Crippen molar-refractivity contribution in [2.24, 2.45) is 0 Å². The summed E-state index contributed by atoms with van der Waals surface area (Å²) in [6.45, 7) is 3.38. The molecule has 3 N–H and O–H groups in total. The van der Waals surface area contributed by atoms with Crippen LogP contribution >= 0.6 is 34.8 Å². The molecule has 0 spiro atoms. The number of carbonyl (C=O) groups excluding carboxylic acids is 2. The molecule has 2 aromatic rings. The number of halogens is 3. The highest BCUT2D eigenvalue weighted by Gasteiger charge is 2.23. The molecule has 2 aromatic carbocycles. The number of benzene rings is 2. The van der Waals surface area contributed by atoms with Gasteiger partial charge in [-0.15, -0.1) is 0 Å². The summed E-state index contributed by atoms with van der Waals surface area (Å²) in [4.78, 5) is 26.1. The molecule has 1 fully saturated rings. The van der Waals surface area contributed by atoms with E-state index in [2.05, 4.69) is 15.5 Å². The number of hydrogen-bond acceptors (Lipinski definition) is 5. The Labute approximate surface area is 207 Å². The molecule has 1 aliphatic rings. The standard InChI is InChI=1S/C23H26Cl3N3O4/c1-14(30)28-22-5-2-15(24)10-19(22)23(32)27-12-16(31)13-29-8-6-17(7-9-29)33-18-3-4-20(25)21(26)11-18/h2-5,10-11,16-17,31H,6-9,12-13H2,1H3,(H,27,32)(H,28,30)/t16-/m1/s1. The quantitative estimate of drug-likeness (QED) is 0.490. The number of carbonyl (C=O) groups is 2. The van der Waals surface area contributed by atoms with Gasteiger partial charge in [-0.1, -0.05) is 34.8 Å². The molecule has 0 bridgehead atoms. The molecule has 7 nitrogen and oxygen atoms in total. The lowest BCUT2D eigenvalue weighted by Crippen LogP contribution is -2.45. The van der Waals surface area contributed by atoms with Crippen LogP contribution in [0.3, 0.4) is 0 Å². The fourth-order valence-electron chi connectivity index (χ4n) is 3.62. The van der Waals surface area contributed by atoms with Gasteiger partial charge in [-0.2, -0.15) is 0 Å². The molecule has 0 saturated carbocycles. The molecule has 0 aromatic heterocycles. The Bertz CT molecular complexity index is 997. The van der Waals surface area contributed by atoms with Crippen LogP contribution in [0.1, 0.15) is 30.1 Å². The molecule has 33 heavy (non-hydrogen) atoms. The summed E-state index contributed by atoms with van der Waals surface area (Å²) < 4.78 is 5.99.